The summed E-state index contributed by atoms with van der Waals surface area (Å²) in [7, 11) is 0. The monoisotopic (exact) mass is 525 g/mol. The standard InChI is InChI=1S/C33H43N5O/c1-3-25-10-4-11-26-12-5-13-29(30(25)26)36-20-14-27-28(22-36)34-32(35-31(27)37-17-6-9-24(2)21-37)39-23-33-15-7-18-38(33)19-8-16-33/h4-5,10-13,24H,3,6-9,14-23H2,1-2H3/t24-/m0/s1. The van der Waals surface area contributed by atoms with Gasteiger partial charge in [-0.2, -0.15) is 9.97 Å². The third kappa shape index (κ3) is 4.55. The molecule has 0 N–H and O–H groups in total. The van der Waals surface area contributed by atoms with E-state index in [-0.39, 0.29) is 5.54 Å². The van der Waals surface area contributed by atoms with Gasteiger partial charge in [-0.15, -0.1) is 0 Å². The van der Waals surface area contributed by atoms with E-state index in [0.29, 0.717) is 18.5 Å². The molecule has 1 atom stereocenters. The van der Waals surface area contributed by atoms with Crippen LogP contribution in [0.2, 0.25) is 0 Å². The highest BCUT2D eigenvalue weighted by molar-refractivity contribution is 5.97. The van der Waals surface area contributed by atoms with Gasteiger partial charge in [-0.3, -0.25) is 4.90 Å². The van der Waals surface area contributed by atoms with E-state index in [1.54, 1.807) is 0 Å². The molecule has 2 aromatic carbocycles. The quantitative estimate of drug-likeness (QED) is 0.393. The highest BCUT2D eigenvalue weighted by Crippen LogP contribution is 2.40. The van der Waals surface area contributed by atoms with E-state index in [9.17, 15) is 0 Å². The fourth-order valence-corrected chi connectivity index (χ4v) is 7.92. The molecule has 0 spiro atoms. The van der Waals surface area contributed by atoms with Crippen molar-refractivity contribution in [3.8, 4) is 6.01 Å². The van der Waals surface area contributed by atoms with Gasteiger partial charge in [-0.25, -0.2) is 0 Å². The highest BCUT2D eigenvalue weighted by atomic mass is 16.5. The summed E-state index contributed by atoms with van der Waals surface area (Å²) in [4.78, 5) is 18.0. The zero-order chi connectivity index (χ0) is 26.4. The van der Waals surface area contributed by atoms with Gasteiger partial charge in [-0.05, 0) is 87.4 Å². The van der Waals surface area contributed by atoms with Crippen molar-refractivity contribution in [3.63, 3.8) is 0 Å². The van der Waals surface area contributed by atoms with Gasteiger partial charge in [0.05, 0.1) is 17.8 Å². The number of anilines is 2. The molecule has 0 radical (unpaired) electrons. The Bertz CT molecular complexity index is 1340. The van der Waals surface area contributed by atoms with Crippen molar-refractivity contribution >= 4 is 22.3 Å². The normalized spacial score (nSPS) is 22.8. The van der Waals surface area contributed by atoms with Crippen molar-refractivity contribution in [2.45, 2.75) is 77.3 Å². The van der Waals surface area contributed by atoms with E-state index in [4.69, 9.17) is 14.7 Å². The van der Waals surface area contributed by atoms with Gasteiger partial charge >= 0.3 is 6.01 Å². The molecule has 6 heteroatoms. The highest BCUT2D eigenvalue weighted by Gasteiger charge is 2.45. The Labute approximate surface area is 233 Å². The summed E-state index contributed by atoms with van der Waals surface area (Å²) in [6.07, 6.45) is 9.59. The number of ether oxygens (including phenoxy) is 1. The van der Waals surface area contributed by atoms with Crippen LogP contribution in [-0.2, 0) is 19.4 Å². The van der Waals surface area contributed by atoms with Crippen molar-refractivity contribution < 1.29 is 4.74 Å². The number of benzene rings is 2. The molecule has 0 amide bonds. The molecule has 0 bridgehead atoms. The van der Waals surface area contributed by atoms with Gasteiger partial charge in [0.15, 0.2) is 0 Å². The topological polar surface area (TPSA) is 44.7 Å². The van der Waals surface area contributed by atoms with Crippen molar-refractivity contribution in [2.24, 2.45) is 5.92 Å². The number of hydrogen-bond acceptors (Lipinski definition) is 6. The van der Waals surface area contributed by atoms with Gasteiger partial charge in [-0.1, -0.05) is 44.2 Å². The van der Waals surface area contributed by atoms with Crippen LogP contribution >= 0.6 is 0 Å². The predicted octanol–water partition coefficient (Wildman–Crippen LogP) is 6.00. The maximum Gasteiger partial charge on any atom is 0.318 e. The van der Waals surface area contributed by atoms with Crippen molar-refractivity contribution in [3.05, 3.63) is 53.2 Å². The molecule has 7 rings (SSSR count). The zero-order valence-corrected chi connectivity index (χ0v) is 23.8. The number of aryl methyl sites for hydroxylation is 1. The first-order chi connectivity index (χ1) is 19.1. The Morgan fingerprint density at radius 2 is 1.77 bits per heavy atom. The molecule has 4 aliphatic rings. The minimum Gasteiger partial charge on any atom is -0.461 e. The van der Waals surface area contributed by atoms with E-state index in [1.165, 1.54) is 79.2 Å². The number of hydrogen-bond donors (Lipinski definition) is 0. The fourth-order valence-electron chi connectivity index (χ4n) is 7.92. The minimum absolute atomic E-state index is 0.199. The molecule has 5 heterocycles. The number of aromatic nitrogens is 2. The summed E-state index contributed by atoms with van der Waals surface area (Å²) < 4.78 is 6.56. The van der Waals surface area contributed by atoms with E-state index in [2.05, 4.69) is 64.9 Å². The SMILES string of the molecule is CCc1cccc2cccc(N3CCc4c(nc(OCC56CCCN5CCC6)nc4N4CCC[C@H](C)C4)C3)c12. The minimum atomic E-state index is 0.199. The Kier molecular flexibility index (Phi) is 6.62. The average molecular weight is 526 g/mol. The summed E-state index contributed by atoms with van der Waals surface area (Å²) in [6.45, 7) is 11.7. The number of rotatable bonds is 6. The molecule has 0 saturated carbocycles. The Balaban J connectivity index is 1.23. The Morgan fingerprint density at radius 1 is 0.949 bits per heavy atom. The fraction of sp³-hybridized carbons (Fsp3) is 0.576. The second kappa shape index (κ2) is 10.3. The van der Waals surface area contributed by atoms with Crippen molar-refractivity contribution in [2.75, 3.05) is 49.1 Å². The molecule has 1 aromatic heterocycles. The van der Waals surface area contributed by atoms with E-state index in [1.807, 2.05) is 0 Å². The molecule has 3 saturated heterocycles. The third-order valence-corrected chi connectivity index (χ3v) is 9.95. The van der Waals surface area contributed by atoms with Crippen molar-refractivity contribution in [1.29, 1.82) is 0 Å². The number of fused-ring (bicyclic) bond motifs is 3. The first kappa shape index (κ1) is 25.1. The van der Waals surface area contributed by atoms with Crippen LogP contribution in [0.4, 0.5) is 11.5 Å². The van der Waals surface area contributed by atoms with E-state index in [0.717, 1.165) is 50.5 Å². The summed E-state index contributed by atoms with van der Waals surface area (Å²) >= 11 is 0. The lowest BCUT2D eigenvalue weighted by molar-refractivity contribution is 0.107. The molecule has 6 nitrogen and oxygen atoms in total. The molecule has 3 fully saturated rings. The molecule has 39 heavy (non-hydrogen) atoms. The lowest BCUT2D eigenvalue weighted by Gasteiger charge is -2.37. The van der Waals surface area contributed by atoms with Crippen LogP contribution in [0, 0.1) is 5.92 Å². The average Bonchev–Trinajstić information content (AvgIpc) is 3.55. The second-order valence-electron chi connectivity index (χ2n) is 12.5. The lowest BCUT2D eigenvalue weighted by Crippen LogP contribution is -2.43. The molecule has 206 valence electrons. The maximum atomic E-state index is 6.56. The van der Waals surface area contributed by atoms with Crippen molar-refractivity contribution in [1.82, 2.24) is 14.9 Å². The van der Waals surface area contributed by atoms with Crippen LogP contribution in [-0.4, -0.2) is 59.7 Å². The lowest BCUT2D eigenvalue weighted by atomic mass is 9.95. The second-order valence-corrected chi connectivity index (χ2v) is 12.5. The largest absolute Gasteiger partial charge is 0.461 e. The predicted molar refractivity (Wildman–Crippen MR) is 159 cm³/mol. The van der Waals surface area contributed by atoms with Gasteiger partial charge in [0.1, 0.15) is 12.4 Å². The van der Waals surface area contributed by atoms with Crippen LogP contribution in [0.1, 0.15) is 69.2 Å². The number of nitrogens with zero attached hydrogens (tertiary/aromatic N) is 5. The molecular weight excluding hydrogens is 482 g/mol. The number of piperidine rings is 1. The summed E-state index contributed by atoms with van der Waals surface area (Å²) in [6, 6.07) is 14.0. The van der Waals surface area contributed by atoms with Crippen LogP contribution in [0.3, 0.4) is 0 Å². The van der Waals surface area contributed by atoms with Gasteiger partial charge in [0, 0.05) is 36.3 Å². The summed E-state index contributed by atoms with van der Waals surface area (Å²) in [5.41, 5.74) is 5.43. The van der Waals surface area contributed by atoms with Crippen LogP contribution in [0.25, 0.3) is 10.8 Å². The van der Waals surface area contributed by atoms with Crippen LogP contribution in [0.15, 0.2) is 36.4 Å². The first-order valence-corrected chi connectivity index (χ1v) is 15.4. The maximum absolute atomic E-state index is 6.56. The van der Waals surface area contributed by atoms with E-state index >= 15 is 0 Å². The first-order valence-electron chi connectivity index (χ1n) is 15.4. The third-order valence-electron chi connectivity index (χ3n) is 9.95. The molecule has 3 aromatic rings. The van der Waals surface area contributed by atoms with Gasteiger partial charge < -0.3 is 14.5 Å². The summed E-state index contributed by atoms with van der Waals surface area (Å²) in [5.74, 6) is 1.84. The molecular formula is C33H43N5O. The van der Waals surface area contributed by atoms with Crippen LogP contribution in [0.5, 0.6) is 6.01 Å². The smallest absolute Gasteiger partial charge is 0.318 e. The van der Waals surface area contributed by atoms with Gasteiger partial charge in [0.25, 0.3) is 0 Å². The Morgan fingerprint density at radius 3 is 2.56 bits per heavy atom. The van der Waals surface area contributed by atoms with Gasteiger partial charge in [0.2, 0.25) is 0 Å². The summed E-state index contributed by atoms with van der Waals surface area (Å²) in [5, 5.41) is 2.72. The Hall–Kier alpha value is -2.86. The van der Waals surface area contributed by atoms with E-state index < -0.39 is 0 Å². The van der Waals surface area contributed by atoms with Crippen LogP contribution < -0.4 is 14.5 Å². The molecule has 0 unspecified atom stereocenters. The molecule has 4 aliphatic heterocycles. The molecule has 0 aliphatic carbocycles. The zero-order valence-electron chi connectivity index (χ0n) is 23.8.